The molecule has 23 heavy (non-hydrogen) atoms. The molecule has 1 aliphatic heterocycles. The molecule has 128 valence electrons. The maximum atomic E-state index is 12.7. The van der Waals surface area contributed by atoms with Crippen molar-refractivity contribution in [2.24, 2.45) is 5.92 Å². The van der Waals surface area contributed by atoms with Gasteiger partial charge in [0.15, 0.2) is 0 Å². The number of hydrogen-bond acceptors (Lipinski definition) is 4. The number of rotatable bonds is 5. The normalized spacial score (nSPS) is 23.5. The largest absolute Gasteiger partial charge is 0.229 e. The van der Waals surface area contributed by atoms with Crippen molar-refractivity contribution in [1.29, 1.82) is 0 Å². The van der Waals surface area contributed by atoms with Crippen LogP contribution in [0.15, 0.2) is 24.3 Å². The lowest BCUT2D eigenvalue weighted by Gasteiger charge is -2.26. The van der Waals surface area contributed by atoms with Gasteiger partial charge in [0.25, 0.3) is 0 Å². The zero-order valence-corrected chi connectivity index (χ0v) is 14.9. The summed E-state index contributed by atoms with van der Waals surface area (Å²) in [5.41, 5.74) is 2.11. The molecule has 0 spiro atoms. The highest BCUT2D eigenvalue weighted by Gasteiger charge is 2.39. The highest BCUT2D eigenvalue weighted by Crippen LogP contribution is 2.42. The maximum Gasteiger partial charge on any atom is 0.215 e. The van der Waals surface area contributed by atoms with Gasteiger partial charge in [-0.3, -0.25) is 0 Å². The molecule has 7 heteroatoms. The maximum absolute atomic E-state index is 12.7. The van der Waals surface area contributed by atoms with Gasteiger partial charge in [0.05, 0.1) is 16.8 Å². The van der Waals surface area contributed by atoms with Crippen LogP contribution in [0.1, 0.15) is 42.9 Å². The van der Waals surface area contributed by atoms with Crippen LogP contribution in [0.2, 0.25) is 0 Å². The Morgan fingerprint density at radius 3 is 2.26 bits per heavy atom. The molecule has 1 saturated carbocycles. The first-order valence-electron chi connectivity index (χ1n) is 8.05. The molecule has 0 aromatic heterocycles. The summed E-state index contributed by atoms with van der Waals surface area (Å²) in [5, 5.41) is -0.601. The number of sulfonamides is 1. The van der Waals surface area contributed by atoms with E-state index in [2.05, 4.69) is 4.72 Å². The zero-order valence-electron chi connectivity index (χ0n) is 13.2. The van der Waals surface area contributed by atoms with Gasteiger partial charge >= 0.3 is 0 Å². The van der Waals surface area contributed by atoms with E-state index in [-0.39, 0.29) is 30.4 Å². The van der Waals surface area contributed by atoms with Crippen LogP contribution in [-0.4, -0.2) is 33.6 Å². The van der Waals surface area contributed by atoms with E-state index < -0.39 is 25.1 Å². The monoisotopic (exact) mass is 357 g/mol. The summed E-state index contributed by atoms with van der Waals surface area (Å²) in [6.07, 6.45) is 2.45. The third kappa shape index (κ3) is 3.95. The van der Waals surface area contributed by atoms with E-state index in [1.165, 1.54) is 0 Å². The SMILES string of the molecule is Cc1ccccc1C(NS(=O)(=O)C1CCS(=O)(=O)CC1)C1CC1. The molecular weight excluding hydrogens is 334 g/mol. The van der Waals surface area contributed by atoms with E-state index in [1.807, 2.05) is 31.2 Å². The van der Waals surface area contributed by atoms with Gasteiger partial charge in [-0.1, -0.05) is 24.3 Å². The van der Waals surface area contributed by atoms with Crippen LogP contribution in [0.4, 0.5) is 0 Å². The number of nitrogens with one attached hydrogen (secondary N) is 1. The van der Waals surface area contributed by atoms with E-state index in [0.29, 0.717) is 5.92 Å². The summed E-state index contributed by atoms with van der Waals surface area (Å²) >= 11 is 0. The van der Waals surface area contributed by atoms with Crippen molar-refractivity contribution in [1.82, 2.24) is 4.72 Å². The van der Waals surface area contributed by atoms with E-state index in [0.717, 1.165) is 24.0 Å². The third-order valence-corrected chi connectivity index (χ3v) is 8.50. The van der Waals surface area contributed by atoms with Crippen LogP contribution in [0.25, 0.3) is 0 Å². The van der Waals surface area contributed by atoms with Crippen LogP contribution in [0.5, 0.6) is 0 Å². The summed E-state index contributed by atoms with van der Waals surface area (Å²) < 4.78 is 51.4. The Morgan fingerprint density at radius 1 is 1.09 bits per heavy atom. The first-order chi connectivity index (χ1) is 10.8. The Morgan fingerprint density at radius 2 is 1.70 bits per heavy atom. The Bertz CT molecular complexity index is 768. The van der Waals surface area contributed by atoms with Crippen molar-refractivity contribution < 1.29 is 16.8 Å². The molecule has 1 aromatic rings. The first-order valence-corrected chi connectivity index (χ1v) is 11.4. The second-order valence-electron chi connectivity index (χ2n) is 6.69. The van der Waals surface area contributed by atoms with Crippen molar-refractivity contribution in [3.63, 3.8) is 0 Å². The summed E-state index contributed by atoms with van der Waals surface area (Å²) in [6, 6.07) is 7.65. The van der Waals surface area contributed by atoms with Gasteiger partial charge in [0.2, 0.25) is 10.0 Å². The standard InChI is InChI=1S/C16H23NO4S2/c1-12-4-2-3-5-15(12)16(13-6-7-13)17-23(20,21)14-8-10-22(18,19)11-9-14/h2-5,13-14,16-17H,6-11H2,1H3. The summed E-state index contributed by atoms with van der Waals surface area (Å²) in [5.74, 6) is 0.284. The molecule has 1 atom stereocenters. The molecule has 2 fully saturated rings. The van der Waals surface area contributed by atoms with E-state index in [4.69, 9.17) is 0 Å². The lowest BCUT2D eigenvalue weighted by Crippen LogP contribution is -2.41. The molecular formula is C16H23NO4S2. The second kappa shape index (κ2) is 6.18. The topological polar surface area (TPSA) is 80.3 Å². The fraction of sp³-hybridized carbons (Fsp3) is 0.625. The third-order valence-electron chi connectivity index (χ3n) is 4.85. The molecule has 2 aliphatic rings. The predicted octanol–water partition coefficient (Wildman–Crippen LogP) is 1.94. The molecule has 1 aliphatic carbocycles. The van der Waals surface area contributed by atoms with Crippen molar-refractivity contribution in [2.45, 2.75) is 43.9 Å². The fourth-order valence-corrected chi connectivity index (χ4v) is 6.74. The fourth-order valence-electron chi connectivity index (χ4n) is 3.23. The van der Waals surface area contributed by atoms with Crippen LogP contribution >= 0.6 is 0 Å². The van der Waals surface area contributed by atoms with E-state index >= 15 is 0 Å². The Hall–Kier alpha value is -0.920. The van der Waals surface area contributed by atoms with Crippen LogP contribution in [0.3, 0.4) is 0 Å². The van der Waals surface area contributed by atoms with E-state index in [1.54, 1.807) is 0 Å². The zero-order chi connectivity index (χ0) is 16.7. The molecule has 0 bridgehead atoms. The van der Waals surface area contributed by atoms with Crippen molar-refractivity contribution in [2.75, 3.05) is 11.5 Å². The number of aryl methyl sites for hydroxylation is 1. The summed E-state index contributed by atoms with van der Waals surface area (Å²) in [6.45, 7) is 1.99. The Labute approximate surface area is 138 Å². The average molecular weight is 357 g/mol. The minimum atomic E-state index is -3.52. The lowest BCUT2D eigenvalue weighted by molar-refractivity contribution is 0.507. The molecule has 0 amide bonds. The minimum absolute atomic E-state index is 0.0307. The number of hydrogen-bond donors (Lipinski definition) is 1. The van der Waals surface area contributed by atoms with Crippen LogP contribution in [-0.2, 0) is 19.9 Å². The van der Waals surface area contributed by atoms with Gasteiger partial charge < -0.3 is 0 Å². The molecule has 1 N–H and O–H groups in total. The van der Waals surface area contributed by atoms with Gasteiger partial charge in [0.1, 0.15) is 9.84 Å². The van der Waals surface area contributed by atoms with Gasteiger partial charge in [0, 0.05) is 6.04 Å². The van der Waals surface area contributed by atoms with Gasteiger partial charge in [-0.2, -0.15) is 0 Å². The predicted molar refractivity (Wildman–Crippen MR) is 90.4 cm³/mol. The number of sulfone groups is 1. The Kier molecular flexibility index (Phi) is 4.55. The van der Waals surface area contributed by atoms with Crippen molar-refractivity contribution in [3.8, 4) is 0 Å². The highest BCUT2D eigenvalue weighted by molar-refractivity contribution is 7.92. The quantitative estimate of drug-likeness (QED) is 0.873. The summed E-state index contributed by atoms with van der Waals surface area (Å²) in [4.78, 5) is 0. The van der Waals surface area contributed by atoms with Crippen molar-refractivity contribution in [3.05, 3.63) is 35.4 Å². The van der Waals surface area contributed by atoms with Crippen LogP contribution < -0.4 is 4.72 Å². The van der Waals surface area contributed by atoms with Gasteiger partial charge in [-0.15, -0.1) is 0 Å². The van der Waals surface area contributed by atoms with E-state index in [9.17, 15) is 16.8 Å². The molecule has 1 heterocycles. The van der Waals surface area contributed by atoms with Gasteiger partial charge in [-0.25, -0.2) is 21.6 Å². The van der Waals surface area contributed by atoms with Crippen molar-refractivity contribution >= 4 is 19.9 Å². The van der Waals surface area contributed by atoms with Gasteiger partial charge in [-0.05, 0) is 49.7 Å². The second-order valence-corrected chi connectivity index (χ2v) is 11.0. The Balaban J connectivity index is 1.79. The summed E-state index contributed by atoms with van der Waals surface area (Å²) in [7, 11) is -6.58. The minimum Gasteiger partial charge on any atom is -0.229 e. The molecule has 0 radical (unpaired) electrons. The first kappa shape index (κ1) is 16.9. The lowest BCUT2D eigenvalue weighted by atomic mass is 9.99. The van der Waals surface area contributed by atoms with Crippen LogP contribution in [0, 0.1) is 12.8 Å². The molecule has 1 unspecified atom stereocenters. The molecule has 1 aromatic carbocycles. The molecule has 5 nitrogen and oxygen atoms in total. The highest BCUT2D eigenvalue weighted by atomic mass is 32.2. The average Bonchev–Trinajstić information content (AvgIpc) is 3.30. The number of benzene rings is 1. The molecule has 1 saturated heterocycles. The molecule has 3 rings (SSSR count). The smallest absolute Gasteiger partial charge is 0.215 e.